The Hall–Kier alpha value is -4.55. The van der Waals surface area contributed by atoms with Gasteiger partial charge in [0.25, 0.3) is 5.97 Å². The summed E-state index contributed by atoms with van der Waals surface area (Å²) >= 11 is 0. The number of hydrogen-bond acceptors (Lipinski definition) is 9. The molecule has 2 saturated heterocycles. The number of rotatable bonds is 5. The standard InChI is InChI=1S/C31H36N8O2.C2H4O2/c1-36-15-17-37(18-16-36)23-11-13-25(14-12-23)39-30-27(29(32)33-20-34-30)28(35-39)22-7-9-24(10-8-22)38-19-26(41-31(38)40)21-5-3-2-4-6-21;1-2(3)4/h2-10,20,23,25-26H,11-19H2,1H3,(H2,32,33,34);1H3,(H,3,4). The number of aromatic nitrogens is 4. The summed E-state index contributed by atoms with van der Waals surface area (Å²) in [6.07, 6.45) is 5.36. The second-order valence-corrected chi connectivity index (χ2v) is 12.0. The molecule has 1 saturated carbocycles. The summed E-state index contributed by atoms with van der Waals surface area (Å²) in [4.78, 5) is 37.4. The van der Waals surface area contributed by atoms with Crippen LogP contribution in [0.3, 0.4) is 0 Å². The van der Waals surface area contributed by atoms with E-state index in [0.29, 0.717) is 18.4 Å². The predicted molar refractivity (Wildman–Crippen MR) is 172 cm³/mol. The van der Waals surface area contributed by atoms with E-state index in [1.165, 1.54) is 6.33 Å². The molecule has 2 aromatic carbocycles. The van der Waals surface area contributed by atoms with Gasteiger partial charge in [-0.15, -0.1) is 0 Å². The molecular weight excluding hydrogens is 572 g/mol. The molecule has 3 aliphatic rings. The zero-order valence-corrected chi connectivity index (χ0v) is 25.7. The second-order valence-electron chi connectivity index (χ2n) is 12.0. The van der Waals surface area contributed by atoms with E-state index in [2.05, 4.69) is 31.5 Å². The predicted octanol–water partition coefficient (Wildman–Crippen LogP) is 4.60. The molecule has 12 heteroatoms. The van der Waals surface area contributed by atoms with Gasteiger partial charge in [0.2, 0.25) is 0 Å². The first kappa shape index (κ1) is 30.5. The second kappa shape index (κ2) is 13.2. The van der Waals surface area contributed by atoms with Crippen molar-refractivity contribution in [2.45, 2.75) is 50.8 Å². The molecule has 1 atom stereocenters. The minimum atomic E-state index is -0.833. The van der Waals surface area contributed by atoms with E-state index in [4.69, 9.17) is 25.5 Å². The van der Waals surface area contributed by atoms with Crippen molar-refractivity contribution in [1.82, 2.24) is 29.5 Å². The number of cyclic esters (lactones) is 1. The lowest BCUT2D eigenvalue weighted by atomic mass is 9.90. The van der Waals surface area contributed by atoms with Crippen molar-refractivity contribution in [2.75, 3.05) is 50.4 Å². The van der Waals surface area contributed by atoms with Crippen LogP contribution in [0.2, 0.25) is 0 Å². The van der Waals surface area contributed by atoms with Crippen molar-refractivity contribution in [3.8, 4) is 11.3 Å². The Balaban J connectivity index is 0.000000845. The fourth-order valence-electron chi connectivity index (χ4n) is 6.62. The first-order valence-corrected chi connectivity index (χ1v) is 15.5. The number of ether oxygens (including phenoxy) is 1. The summed E-state index contributed by atoms with van der Waals surface area (Å²) in [5, 5.41) is 13.3. The summed E-state index contributed by atoms with van der Waals surface area (Å²) in [6, 6.07) is 18.6. The lowest BCUT2D eigenvalue weighted by molar-refractivity contribution is -0.134. The molecule has 3 fully saturated rings. The number of nitrogens with zero attached hydrogens (tertiary/aromatic N) is 7. The largest absolute Gasteiger partial charge is 0.481 e. The van der Waals surface area contributed by atoms with Crippen LogP contribution in [0.15, 0.2) is 60.9 Å². The number of carbonyl (C=O) groups is 2. The zero-order valence-electron chi connectivity index (χ0n) is 25.7. The molecule has 3 N–H and O–H groups in total. The topological polar surface area (TPSA) is 143 Å². The van der Waals surface area contributed by atoms with Crippen LogP contribution in [0.1, 0.15) is 50.3 Å². The normalized spacial score (nSPS) is 22.6. The van der Waals surface area contributed by atoms with Crippen molar-refractivity contribution in [2.24, 2.45) is 0 Å². The minimum absolute atomic E-state index is 0.276. The molecule has 236 valence electrons. The zero-order chi connectivity index (χ0) is 31.5. The fraction of sp³-hybridized carbons (Fsp3) is 0.424. The van der Waals surface area contributed by atoms with Gasteiger partial charge in [-0.2, -0.15) is 5.10 Å². The van der Waals surface area contributed by atoms with Crippen LogP contribution >= 0.6 is 0 Å². The lowest BCUT2D eigenvalue weighted by Gasteiger charge is -2.41. The molecule has 45 heavy (non-hydrogen) atoms. The van der Waals surface area contributed by atoms with Gasteiger partial charge in [-0.3, -0.25) is 14.6 Å². The van der Waals surface area contributed by atoms with Crippen LogP contribution < -0.4 is 10.6 Å². The molecule has 1 aliphatic carbocycles. The highest BCUT2D eigenvalue weighted by molar-refractivity contribution is 5.98. The first-order valence-electron chi connectivity index (χ1n) is 15.5. The molecule has 0 bridgehead atoms. The molecule has 12 nitrogen and oxygen atoms in total. The maximum Gasteiger partial charge on any atom is 0.415 e. The third kappa shape index (κ3) is 6.62. The van der Waals surface area contributed by atoms with Crippen molar-refractivity contribution in [3.05, 3.63) is 66.5 Å². The molecule has 4 heterocycles. The number of piperazine rings is 1. The van der Waals surface area contributed by atoms with E-state index in [1.807, 2.05) is 54.6 Å². The van der Waals surface area contributed by atoms with Crippen LogP contribution in [0.4, 0.5) is 16.3 Å². The number of hydrogen-bond donors (Lipinski definition) is 2. The van der Waals surface area contributed by atoms with E-state index < -0.39 is 5.97 Å². The average Bonchev–Trinajstić information content (AvgIpc) is 3.64. The van der Waals surface area contributed by atoms with Crippen LogP contribution in [0.5, 0.6) is 0 Å². The van der Waals surface area contributed by atoms with E-state index in [9.17, 15) is 4.79 Å². The number of benzene rings is 2. The van der Waals surface area contributed by atoms with Crippen molar-refractivity contribution in [3.63, 3.8) is 0 Å². The molecule has 0 radical (unpaired) electrons. The van der Waals surface area contributed by atoms with Gasteiger partial charge in [0, 0.05) is 50.4 Å². The summed E-state index contributed by atoms with van der Waals surface area (Å²) in [7, 11) is 2.21. The van der Waals surface area contributed by atoms with Crippen molar-refractivity contribution in [1.29, 1.82) is 0 Å². The third-order valence-electron chi connectivity index (χ3n) is 9.02. The van der Waals surface area contributed by atoms with Crippen LogP contribution in [-0.2, 0) is 9.53 Å². The molecule has 2 aromatic heterocycles. The van der Waals surface area contributed by atoms with Crippen molar-refractivity contribution >= 4 is 34.6 Å². The van der Waals surface area contributed by atoms with E-state index in [-0.39, 0.29) is 18.2 Å². The maximum atomic E-state index is 12.7. The molecule has 4 aromatic rings. The van der Waals surface area contributed by atoms with E-state index >= 15 is 0 Å². The fourth-order valence-corrected chi connectivity index (χ4v) is 6.62. The number of carboxylic acid groups (broad SMARTS) is 1. The van der Waals surface area contributed by atoms with Gasteiger partial charge < -0.3 is 20.5 Å². The molecular formula is C33H40N8O4. The van der Waals surface area contributed by atoms with Gasteiger partial charge in [-0.25, -0.2) is 19.4 Å². The number of nitrogen functional groups attached to an aromatic ring is 1. The average molecular weight is 613 g/mol. The third-order valence-corrected chi connectivity index (χ3v) is 9.02. The number of carboxylic acids is 1. The summed E-state index contributed by atoms with van der Waals surface area (Å²) in [6.45, 7) is 6.16. The van der Waals surface area contributed by atoms with Crippen LogP contribution in [-0.4, -0.2) is 92.5 Å². The molecule has 7 rings (SSSR count). The molecule has 1 unspecified atom stereocenters. The highest BCUT2D eigenvalue weighted by Crippen LogP contribution is 2.38. The first-order chi connectivity index (χ1) is 21.8. The van der Waals surface area contributed by atoms with Crippen LogP contribution in [0.25, 0.3) is 22.3 Å². The SMILES string of the molecule is CC(=O)O.CN1CCN(C2CCC(n3nc(-c4ccc(N5CC(c6ccccc6)OC5=O)cc4)c4c(N)ncnc43)CC2)CC1. The number of fused-ring (bicyclic) bond motifs is 1. The number of anilines is 2. The van der Waals surface area contributed by atoms with Gasteiger partial charge in [0.05, 0.1) is 18.0 Å². The van der Waals surface area contributed by atoms with Gasteiger partial charge in [-0.1, -0.05) is 42.5 Å². The molecule has 2 aliphatic heterocycles. The van der Waals surface area contributed by atoms with Gasteiger partial charge in [-0.05, 0) is 50.4 Å². The Morgan fingerprint density at radius 3 is 2.24 bits per heavy atom. The number of nitrogens with two attached hydrogens (primary N) is 1. The molecule has 1 amide bonds. The Kier molecular flexibility index (Phi) is 8.95. The summed E-state index contributed by atoms with van der Waals surface area (Å²) < 4.78 is 7.74. The molecule has 0 spiro atoms. The number of likely N-dealkylation sites (N-methyl/N-ethyl adjacent to an activating group) is 1. The summed E-state index contributed by atoms with van der Waals surface area (Å²) in [5.74, 6) is -0.403. The Morgan fingerprint density at radius 2 is 1.58 bits per heavy atom. The minimum Gasteiger partial charge on any atom is -0.481 e. The Labute approximate surface area is 262 Å². The number of carbonyl (C=O) groups excluding carboxylic acids is 1. The van der Waals surface area contributed by atoms with Crippen molar-refractivity contribution < 1.29 is 19.4 Å². The Bertz CT molecular complexity index is 1620. The van der Waals surface area contributed by atoms with E-state index in [1.54, 1.807) is 4.90 Å². The van der Waals surface area contributed by atoms with Gasteiger partial charge >= 0.3 is 6.09 Å². The number of amides is 1. The highest BCUT2D eigenvalue weighted by atomic mass is 16.6. The van der Waals surface area contributed by atoms with Gasteiger partial charge in [0.1, 0.15) is 23.9 Å². The quantitative estimate of drug-likeness (QED) is 0.328. The maximum absolute atomic E-state index is 12.7. The number of aliphatic carboxylic acids is 1. The smallest absolute Gasteiger partial charge is 0.415 e. The van der Waals surface area contributed by atoms with Gasteiger partial charge in [0.15, 0.2) is 5.65 Å². The Morgan fingerprint density at radius 1 is 0.933 bits per heavy atom. The van der Waals surface area contributed by atoms with E-state index in [0.717, 1.165) is 92.3 Å². The summed E-state index contributed by atoms with van der Waals surface area (Å²) in [5.41, 5.74) is 10.7. The lowest BCUT2D eigenvalue weighted by Crippen LogP contribution is -2.49. The highest BCUT2D eigenvalue weighted by Gasteiger charge is 2.34. The van der Waals surface area contributed by atoms with Crippen LogP contribution in [0, 0.1) is 0 Å². The monoisotopic (exact) mass is 612 g/mol.